The van der Waals surface area contributed by atoms with Crippen molar-refractivity contribution >= 4 is 0 Å². The van der Waals surface area contributed by atoms with E-state index in [9.17, 15) is 4.39 Å². The number of likely N-dealkylation sites (tertiary alicyclic amines) is 1. The molecule has 6 heteroatoms. The standard InChI is InChI=1S/C19H20FN5/c20-17-5-3-15(4-6-17)12-24-10-1-2-16(13-24)18-19(23-8-7-22-18)25-11-9-21-14-25/h3-9,11,14,16H,1-2,10,12-13H2/t16-/m0/s1. The molecular formula is C19H20FN5. The number of hydrogen-bond acceptors (Lipinski definition) is 4. The van der Waals surface area contributed by atoms with Gasteiger partial charge < -0.3 is 0 Å². The molecule has 3 aromatic rings. The van der Waals surface area contributed by atoms with Gasteiger partial charge in [0.25, 0.3) is 0 Å². The highest BCUT2D eigenvalue weighted by Crippen LogP contribution is 2.29. The first-order chi connectivity index (χ1) is 12.3. The van der Waals surface area contributed by atoms with E-state index < -0.39 is 0 Å². The number of hydrogen-bond donors (Lipinski definition) is 0. The molecule has 4 rings (SSSR count). The van der Waals surface area contributed by atoms with Crippen LogP contribution in [-0.4, -0.2) is 37.5 Å². The second kappa shape index (κ2) is 7.11. The molecule has 0 saturated carbocycles. The number of benzene rings is 1. The van der Waals surface area contributed by atoms with Crippen LogP contribution in [0.15, 0.2) is 55.4 Å². The normalized spacial score (nSPS) is 18.4. The maximum absolute atomic E-state index is 13.1. The fraction of sp³-hybridized carbons (Fsp3) is 0.316. The van der Waals surface area contributed by atoms with E-state index in [-0.39, 0.29) is 5.82 Å². The third-order valence-electron chi connectivity index (χ3n) is 4.67. The maximum atomic E-state index is 13.1. The van der Waals surface area contributed by atoms with Gasteiger partial charge in [0.15, 0.2) is 5.82 Å². The Hall–Kier alpha value is -2.60. The molecule has 1 aliphatic heterocycles. The van der Waals surface area contributed by atoms with Gasteiger partial charge in [-0.3, -0.25) is 14.5 Å². The summed E-state index contributed by atoms with van der Waals surface area (Å²) in [5.41, 5.74) is 2.15. The van der Waals surface area contributed by atoms with Gasteiger partial charge in [-0.25, -0.2) is 14.4 Å². The minimum atomic E-state index is -0.190. The average Bonchev–Trinajstić information content (AvgIpc) is 3.19. The van der Waals surface area contributed by atoms with Crippen LogP contribution in [0.5, 0.6) is 0 Å². The van der Waals surface area contributed by atoms with Crippen LogP contribution in [0.1, 0.15) is 30.0 Å². The summed E-state index contributed by atoms with van der Waals surface area (Å²) in [7, 11) is 0. The van der Waals surface area contributed by atoms with Crippen molar-refractivity contribution in [2.75, 3.05) is 13.1 Å². The lowest BCUT2D eigenvalue weighted by molar-refractivity contribution is 0.198. The minimum Gasteiger partial charge on any atom is -0.298 e. The van der Waals surface area contributed by atoms with E-state index in [0.29, 0.717) is 5.92 Å². The van der Waals surface area contributed by atoms with Gasteiger partial charge in [0, 0.05) is 43.8 Å². The Kier molecular flexibility index (Phi) is 4.52. The van der Waals surface area contributed by atoms with E-state index >= 15 is 0 Å². The molecule has 1 saturated heterocycles. The molecule has 1 fully saturated rings. The number of aromatic nitrogens is 4. The van der Waals surface area contributed by atoms with Crippen molar-refractivity contribution in [1.29, 1.82) is 0 Å². The lowest BCUT2D eigenvalue weighted by atomic mass is 9.94. The monoisotopic (exact) mass is 337 g/mol. The van der Waals surface area contributed by atoms with Crippen molar-refractivity contribution < 1.29 is 4.39 Å². The molecule has 1 aromatic carbocycles. The van der Waals surface area contributed by atoms with E-state index in [2.05, 4.69) is 19.9 Å². The van der Waals surface area contributed by atoms with E-state index in [1.807, 2.05) is 22.9 Å². The number of rotatable bonds is 4. The van der Waals surface area contributed by atoms with Crippen LogP contribution in [-0.2, 0) is 6.54 Å². The summed E-state index contributed by atoms with van der Waals surface area (Å²) in [6, 6.07) is 6.77. The minimum absolute atomic E-state index is 0.190. The summed E-state index contributed by atoms with van der Waals surface area (Å²) in [4.78, 5) is 15.7. The van der Waals surface area contributed by atoms with Crippen molar-refractivity contribution in [2.45, 2.75) is 25.3 Å². The second-order valence-corrected chi connectivity index (χ2v) is 6.44. The van der Waals surface area contributed by atoms with Crippen molar-refractivity contribution in [1.82, 2.24) is 24.4 Å². The van der Waals surface area contributed by atoms with Crippen LogP contribution >= 0.6 is 0 Å². The van der Waals surface area contributed by atoms with Gasteiger partial charge in [0.1, 0.15) is 12.1 Å². The molecule has 0 N–H and O–H groups in total. The zero-order valence-electron chi connectivity index (χ0n) is 13.9. The van der Waals surface area contributed by atoms with Gasteiger partial charge in [-0.05, 0) is 37.1 Å². The predicted octanol–water partition coefficient (Wildman–Crippen LogP) is 3.18. The summed E-state index contributed by atoms with van der Waals surface area (Å²) < 4.78 is 15.0. The van der Waals surface area contributed by atoms with Crippen LogP contribution in [0.2, 0.25) is 0 Å². The molecule has 0 aliphatic carbocycles. The highest BCUT2D eigenvalue weighted by molar-refractivity contribution is 5.31. The van der Waals surface area contributed by atoms with Gasteiger partial charge >= 0.3 is 0 Å². The smallest absolute Gasteiger partial charge is 0.160 e. The van der Waals surface area contributed by atoms with E-state index in [0.717, 1.165) is 49.6 Å². The fourth-order valence-electron chi connectivity index (χ4n) is 3.48. The molecule has 1 aliphatic rings. The molecule has 128 valence electrons. The van der Waals surface area contributed by atoms with Crippen molar-refractivity contribution in [3.63, 3.8) is 0 Å². The van der Waals surface area contributed by atoms with E-state index in [1.165, 1.54) is 12.1 Å². The third-order valence-corrected chi connectivity index (χ3v) is 4.67. The second-order valence-electron chi connectivity index (χ2n) is 6.44. The van der Waals surface area contributed by atoms with Crippen LogP contribution in [0.3, 0.4) is 0 Å². The highest BCUT2D eigenvalue weighted by Gasteiger charge is 2.25. The van der Waals surface area contributed by atoms with E-state index in [1.54, 1.807) is 24.9 Å². The quantitative estimate of drug-likeness (QED) is 0.734. The zero-order valence-corrected chi connectivity index (χ0v) is 13.9. The Morgan fingerprint density at radius 3 is 2.72 bits per heavy atom. The summed E-state index contributed by atoms with van der Waals surface area (Å²) in [6.45, 7) is 2.81. The lowest BCUT2D eigenvalue weighted by Crippen LogP contribution is -2.34. The topological polar surface area (TPSA) is 46.8 Å². The van der Waals surface area contributed by atoms with E-state index in [4.69, 9.17) is 0 Å². The number of halogens is 1. The molecule has 3 heterocycles. The first-order valence-corrected chi connectivity index (χ1v) is 8.55. The predicted molar refractivity (Wildman–Crippen MR) is 92.8 cm³/mol. The Morgan fingerprint density at radius 1 is 1.08 bits per heavy atom. The first-order valence-electron chi connectivity index (χ1n) is 8.55. The molecule has 2 aromatic heterocycles. The molecule has 0 unspecified atom stereocenters. The first kappa shape index (κ1) is 15.9. The Bertz CT molecular complexity index is 816. The summed E-state index contributed by atoms with van der Waals surface area (Å²) in [6.07, 6.45) is 11.1. The fourth-order valence-corrected chi connectivity index (χ4v) is 3.48. The van der Waals surface area contributed by atoms with Gasteiger partial charge in [0.05, 0.1) is 5.69 Å². The van der Waals surface area contributed by atoms with Crippen LogP contribution in [0, 0.1) is 5.82 Å². The van der Waals surface area contributed by atoms with Gasteiger partial charge in [-0.2, -0.15) is 0 Å². The molecule has 0 spiro atoms. The molecule has 25 heavy (non-hydrogen) atoms. The number of piperidine rings is 1. The lowest BCUT2D eigenvalue weighted by Gasteiger charge is -2.33. The largest absolute Gasteiger partial charge is 0.298 e. The SMILES string of the molecule is Fc1ccc(CN2CCC[C@H](c3nccnc3-n3ccnc3)C2)cc1. The summed E-state index contributed by atoms with van der Waals surface area (Å²) in [5, 5.41) is 0. The third kappa shape index (κ3) is 3.58. The Labute approximate surface area is 146 Å². The van der Waals surface area contributed by atoms with Gasteiger partial charge in [-0.15, -0.1) is 0 Å². The Morgan fingerprint density at radius 2 is 1.92 bits per heavy atom. The van der Waals surface area contributed by atoms with Crippen LogP contribution in [0.25, 0.3) is 5.82 Å². The molecular weight excluding hydrogens is 317 g/mol. The van der Waals surface area contributed by atoms with Crippen LogP contribution < -0.4 is 0 Å². The molecule has 0 bridgehead atoms. The molecule has 5 nitrogen and oxygen atoms in total. The maximum Gasteiger partial charge on any atom is 0.160 e. The summed E-state index contributed by atoms with van der Waals surface area (Å²) >= 11 is 0. The molecule has 0 radical (unpaired) electrons. The van der Waals surface area contributed by atoms with Crippen molar-refractivity contribution in [3.8, 4) is 5.82 Å². The van der Waals surface area contributed by atoms with Gasteiger partial charge in [-0.1, -0.05) is 12.1 Å². The molecule has 0 amide bonds. The Balaban J connectivity index is 1.53. The number of nitrogens with zero attached hydrogens (tertiary/aromatic N) is 5. The van der Waals surface area contributed by atoms with Gasteiger partial charge in [0.2, 0.25) is 0 Å². The summed E-state index contributed by atoms with van der Waals surface area (Å²) in [5.74, 6) is 0.999. The molecule has 1 atom stereocenters. The van der Waals surface area contributed by atoms with Crippen molar-refractivity contribution in [2.24, 2.45) is 0 Å². The average molecular weight is 337 g/mol. The van der Waals surface area contributed by atoms with Crippen LogP contribution in [0.4, 0.5) is 4.39 Å². The zero-order chi connectivity index (χ0) is 17.1. The highest BCUT2D eigenvalue weighted by atomic mass is 19.1. The number of imidazole rings is 1. The van der Waals surface area contributed by atoms with Crippen molar-refractivity contribution in [3.05, 3.63) is 72.5 Å².